The van der Waals surface area contributed by atoms with Gasteiger partial charge in [-0.15, -0.1) is 10.2 Å². The molecule has 2 aromatic carbocycles. The van der Waals surface area contributed by atoms with E-state index in [-0.39, 0.29) is 5.91 Å². The van der Waals surface area contributed by atoms with Gasteiger partial charge >= 0.3 is 0 Å². The van der Waals surface area contributed by atoms with Crippen molar-refractivity contribution >= 4 is 17.2 Å². The van der Waals surface area contributed by atoms with E-state index in [0.717, 1.165) is 16.8 Å². The maximum Gasteiger partial charge on any atom is 0.255 e. The van der Waals surface area contributed by atoms with Crippen molar-refractivity contribution in [3.05, 3.63) is 90.8 Å². The lowest BCUT2D eigenvalue weighted by atomic mass is 10.1. The molecule has 0 unspecified atom stereocenters. The normalized spacial score (nSPS) is 10.8. The Morgan fingerprint density at radius 3 is 2.66 bits per heavy atom. The molecule has 5 rings (SSSR count). The molecule has 32 heavy (non-hydrogen) atoms. The number of methoxy groups -OCH3 is 1. The third-order valence-corrected chi connectivity index (χ3v) is 4.93. The van der Waals surface area contributed by atoms with Crippen LogP contribution in [0.4, 0.5) is 5.69 Å². The summed E-state index contributed by atoms with van der Waals surface area (Å²) in [6, 6.07) is 22.0. The highest BCUT2D eigenvalue weighted by atomic mass is 16.5. The molecule has 0 radical (unpaired) electrons. The number of pyridine rings is 1. The molecule has 0 spiro atoms. The summed E-state index contributed by atoms with van der Waals surface area (Å²) in [5.74, 6) is 1.02. The van der Waals surface area contributed by atoms with Crippen molar-refractivity contribution in [1.82, 2.24) is 24.8 Å². The van der Waals surface area contributed by atoms with Gasteiger partial charge in [0.2, 0.25) is 0 Å². The molecule has 0 fully saturated rings. The van der Waals surface area contributed by atoms with E-state index in [2.05, 4.69) is 20.5 Å². The quantitative estimate of drug-likeness (QED) is 0.458. The molecule has 1 amide bonds. The fraction of sp³-hybridized carbons (Fsp3) is 0.0417. The smallest absolute Gasteiger partial charge is 0.255 e. The van der Waals surface area contributed by atoms with Crippen molar-refractivity contribution in [2.24, 2.45) is 0 Å². The zero-order chi connectivity index (χ0) is 21.9. The van der Waals surface area contributed by atoms with Crippen molar-refractivity contribution in [3.63, 3.8) is 0 Å². The summed E-state index contributed by atoms with van der Waals surface area (Å²) >= 11 is 0. The third-order valence-electron chi connectivity index (χ3n) is 4.93. The number of nitrogens with one attached hydrogen (secondary N) is 1. The summed E-state index contributed by atoms with van der Waals surface area (Å²) in [6.45, 7) is 0. The van der Waals surface area contributed by atoms with Gasteiger partial charge in [0.25, 0.3) is 5.91 Å². The van der Waals surface area contributed by atoms with Crippen LogP contribution in [0.15, 0.2) is 85.2 Å². The molecule has 156 valence electrons. The van der Waals surface area contributed by atoms with Crippen LogP contribution in [-0.4, -0.2) is 37.8 Å². The molecule has 0 aliphatic rings. The average molecular weight is 422 g/mol. The topological polar surface area (TPSA) is 94.3 Å². The molecular formula is C24H18N6O2. The number of carbonyl (C=O) groups is 1. The first-order chi connectivity index (χ1) is 15.7. The number of amides is 1. The molecule has 8 heteroatoms. The highest BCUT2D eigenvalue weighted by molar-refractivity contribution is 6.04. The minimum atomic E-state index is -0.220. The van der Waals surface area contributed by atoms with Crippen LogP contribution in [0.3, 0.4) is 0 Å². The van der Waals surface area contributed by atoms with Crippen LogP contribution in [0.25, 0.3) is 28.3 Å². The molecule has 0 aliphatic carbocycles. The number of aromatic nitrogens is 5. The Hall–Kier alpha value is -4.59. The average Bonchev–Trinajstić information content (AvgIpc) is 3.28. The van der Waals surface area contributed by atoms with Crippen LogP contribution in [0.5, 0.6) is 5.75 Å². The number of carbonyl (C=O) groups excluding carboxylic acids is 1. The highest BCUT2D eigenvalue weighted by Crippen LogP contribution is 2.24. The number of nitrogens with zero attached hydrogens (tertiary/aromatic N) is 5. The number of rotatable bonds is 5. The van der Waals surface area contributed by atoms with E-state index in [1.807, 2.05) is 48.5 Å². The number of hydrogen-bond acceptors (Lipinski definition) is 6. The first-order valence-electron chi connectivity index (χ1n) is 9.90. The number of ether oxygens (including phenoxy) is 1. The van der Waals surface area contributed by atoms with Crippen molar-refractivity contribution in [3.8, 4) is 28.4 Å². The van der Waals surface area contributed by atoms with Crippen LogP contribution in [0.1, 0.15) is 10.4 Å². The van der Waals surface area contributed by atoms with Gasteiger partial charge < -0.3 is 10.1 Å². The number of benzene rings is 2. The van der Waals surface area contributed by atoms with E-state index in [0.29, 0.717) is 28.5 Å². The number of fused-ring (bicyclic) bond motifs is 1. The molecule has 0 saturated carbocycles. The molecule has 0 aliphatic heterocycles. The lowest BCUT2D eigenvalue weighted by Gasteiger charge is -2.09. The standard InChI is InChI=1S/C24H18N6O2/c1-32-20-9-3-6-17(14-20)24(31)26-19-8-2-5-16(13-19)21-10-11-22-27-28-23(30(22)29-21)18-7-4-12-25-15-18/h2-15H,1H3,(H,26,31). The summed E-state index contributed by atoms with van der Waals surface area (Å²) in [4.78, 5) is 16.8. The fourth-order valence-electron chi connectivity index (χ4n) is 3.34. The van der Waals surface area contributed by atoms with Gasteiger partial charge in [0, 0.05) is 34.8 Å². The van der Waals surface area contributed by atoms with E-state index in [4.69, 9.17) is 9.84 Å². The molecule has 1 N–H and O–H groups in total. The summed E-state index contributed by atoms with van der Waals surface area (Å²) < 4.78 is 6.89. The highest BCUT2D eigenvalue weighted by Gasteiger charge is 2.12. The molecule has 8 nitrogen and oxygen atoms in total. The molecular weight excluding hydrogens is 404 g/mol. The van der Waals surface area contributed by atoms with E-state index in [9.17, 15) is 4.79 Å². The molecule has 0 atom stereocenters. The Morgan fingerprint density at radius 1 is 0.938 bits per heavy atom. The molecule has 3 aromatic heterocycles. The Kier molecular flexibility index (Phi) is 5.01. The van der Waals surface area contributed by atoms with Gasteiger partial charge in [-0.2, -0.15) is 9.61 Å². The maximum absolute atomic E-state index is 12.7. The first-order valence-corrected chi connectivity index (χ1v) is 9.90. The van der Waals surface area contributed by atoms with E-state index in [1.165, 1.54) is 0 Å². The van der Waals surface area contributed by atoms with E-state index >= 15 is 0 Å². The summed E-state index contributed by atoms with van der Waals surface area (Å²) in [7, 11) is 1.57. The molecule has 0 bridgehead atoms. The summed E-state index contributed by atoms with van der Waals surface area (Å²) in [6.07, 6.45) is 3.43. The Labute approximate surface area is 183 Å². The van der Waals surface area contributed by atoms with Crippen LogP contribution >= 0.6 is 0 Å². The summed E-state index contributed by atoms with van der Waals surface area (Å²) in [5.41, 5.74) is 4.20. The second kappa shape index (κ2) is 8.27. The SMILES string of the molecule is COc1cccc(C(=O)Nc2cccc(-c3ccc4nnc(-c5cccnc5)n4n3)c2)c1. The Balaban J connectivity index is 1.45. The van der Waals surface area contributed by atoms with Crippen LogP contribution in [-0.2, 0) is 0 Å². The van der Waals surface area contributed by atoms with Gasteiger partial charge in [0.1, 0.15) is 5.75 Å². The van der Waals surface area contributed by atoms with Crippen molar-refractivity contribution in [2.75, 3.05) is 12.4 Å². The first kappa shape index (κ1) is 19.4. The monoisotopic (exact) mass is 422 g/mol. The second-order valence-electron chi connectivity index (χ2n) is 7.02. The largest absolute Gasteiger partial charge is 0.497 e. The fourth-order valence-corrected chi connectivity index (χ4v) is 3.34. The van der Waals surface area contributed by atoms with E-state index in [1.54, 1.807) is 48.3 Å². The van der Waals surface area contributed by atoms with Crippen molar-refractivity contribution in [2.45, 2.75) is 0 Å². The second-order valence-corrected chi connectivity index (χ2v) is 7.02. The minimum Gasteiger partial charge on any atom is -0.497 e. The lowest BCUT2D eigenvalue weighted by molar-refractivity contribution is 0.102. The molecule has 0 saturated heterocycles. The summed E-state index contributed by atoms with van der Waals surface area (Å²) in [5, 5.41) is 16.1. The van der Waals surface area contributed by atoms with Gasteiger partial charge in [0.05, 0.1) is 12.8 Å². The van der Waals surface area contributed by atoms with Crippen molar-refractivity contribution < 1.29 is 9.53 Å². The number of hydrogen-bond donors (Lipinski definition) is 1. The van der Waals surface area contributed by atoms with Gasteiger partial charge in [-0.3, -0.25) is 9.78 Å². The van der Waals surface area contributed by atoms with Gasteiger partial charge in [-0.25, -0.2) is 0 Å². The third kappa shape index (κ3) is 3.77. The lowest BCUT2D eigenvalue weighted by Crippen LogP contribution is -2.11. The predicted octanol–water partition coefficient (Wildman–Crippen LogP) is 4.11. The zero-order valence-corrected chi connectivity index (χ0v) is 17.1. The molecule has 5 aromatic rings. The maximum atomic E-state index is 12.7. The Morgan fingerprint density at radius 2 is 1.81 bits per heavy atom. The van der Waals surface area contributed by atoms with Crippen LogP contribution in [0, 0.1) is 0 Å². The predicted molar refractivity (Wildman–Crippen MR) is 120 cm³/mol. The van der Waals surface area contributed by atoms with Crippen molar-refractivity contribution in [1.29, 1.82) is 0 Å². The van der Waals surface area contributed by atoms with Crippen LogP contribution in [0.2, 0.25) is 0 Å². The number of anilines is 1. The van der Waals surface area contributed by atoms with Crippen LogP contribution < -0.4 is 10.1 Å². The van der Waals surface area contributed by atoms with Gasteiger partial charge in [-0.1, -0.05) is 18.2 Å². The van der Waals surface area contributed by atoms with Gasteiger partial charge in [-0.05, 0) is 54.6 Å². The van der Waals surface area contributed by atoms with Gasteiger partial charge in [0.15, 0.2) is 11.5 Å². The van der Waals surface area contributed by atoms with E-state index < -0.39 is 0 Å². The molecule has 3 heterocycles. The minimum absolute atomic E-state index is 0.220. The zero-order valence-electron chi connectivity index (χ0n) is 17.1. The Bertz CT molecular complexity index is 1410.